The van der Waals surface area contributed by atoms with Crippen LogP contribution in [0.25, 0.3) is 0 Å². The molecule has 1 amide bonds. The predicted octanol–water partition coefficient (Wildman–Crippen LogP) is 2.30. The summed E-state index contributed by atoms with van der Waals surface area (Å²) in [7, 11) is 0. The molecule has 3 unspecified atom stereocenters. The van der Waals surface area contributed by atoms with Crippen LogP contribution in [0.5, 0.6) is 0 Å². The van der Waals surface area contributed by atoms with Crippen molar-refractivity contribution in [2.75, 3.05) is 0 Å². The summed E-state index contributed by atoms with van der Waals surface area (Å²) in [5.74, 6) is 0.891. The van der Waals surface area contributed by atoms with Crippen LogP contribution in [0.15, 0.2) is 30.3 Å². The van der Waals surface area contributed by atoms with Crippen molar-refractivity contribution >= 4 is 11.7 Å². The number of hydrogen-bond donors (Lipinski definition) is 2. The summed E-state index contributed by atoms with van der Waals surface area (Å²) in [6.07, 6.45) is 6.24. The fourth-order valence-corrected chi connectivity index (χ4v) is 6.80. The summed E-state index contributed by atoms with van der Waals surface area (Å²) in [5.41, 5.74) is 11.6. The van der Waals surface area contributed by atoms with Crippen molar-refractivity contribution in [3.05, 3.63) is 35.9 Å². The molecular weight excluding hydrogens is 312 g/mol. The zero-order valence-corrected chi connectivity index (χ0v) is 14.5. The Kier molecular flexibility index (Phi) is 2.94. The van der Waals surface area contributed by atoms with Crippen molar-refractivity contribution < 1.29 is 9.59 Å². The molecule has 0 heterocycles. The minimum Gasteiger partial charge on any atom is -0.369 e. The highest BCUT2D eigenvalue weighted by atomic mass is 16.2. The Morgan fingerprint density at radius 1 is 0.960 bits per heavy atom. The third-order valence-electron chi connectivity index (χ3n) is 7.97. The van der Waals surface area contributed by atoms with Crippen LogP contribution in [0.3, 0.4) is 0 Å². The van der Waals surface area contributed by atoms with Crippen LogP contribution in [0.2, 0.25) is 0 Å². The van der Waals surface area contributed by atoms with Crippen LogP contribution in [0, 0.1) is 23.2 Å². The van der Waals surface area contributed by atoms with Crippen LogP contribution < -0.4 is 11.5 Å². The highest BCUT2D eigenvalue weighted by Crippen LogP contribution is 2.66. The molecule has 1 aromatic carbocycles. The third-order valence-corrected chi connectivity index (χ3v) is 7.97. The van der Waals surface area contributed by atoms with E-state index in [0.717, 1.165) is 31.2 Å². The van der Waals surface area contributed by atoms with Gasteiger partial charge in [0.15, 0.2) is 5.78 Å². The normalized spacial score (nSPS) is 43.0. The molecule has 0 aromatic heterocycles. The van der Waals surface area contributed by atoms with Crippen LogP contribution in [0.4, 0.5) is 0 Å². The number of nitrogens with two attached hydrogens (primary N) is 2. The first-order valence-corrected chi connectivity index (χ1v) is 9.62. The fourth-order valence-electron chi connectivity index (χ4n) is 6.80. The molecule has 5 saturated carbocycles. The van der Waals surface area contributed by atoms with Gasteiger partial charge >= 0.3 is 0 Å². The Bertz CT molecular complexity index is 740. The van der Waals surface area contributed by atoms with Crippen molar-refractivity contribution in [2.45, 2.75) is 55.9 Å². The van der Waals surface area contributed by atoms with E-state index in [1.54, 1.807) is 0 Å². The second-order valence-corrected chi connectivity index (χ2v) is 9.14. The minimum atomic E-state index is -1.08. The lowest BCUT2D eigenvalue weighted by atomic mass is 9.40. The summed E-state index contributed by atoms with van der Waals surface area (Å²) < 4.78 is 0. The standard InChI is InChI=1S/C21H26N2O2/c22-18(25)20-11-13-8-14(12-20)10-16(9-13)21(20,23)17(24)19(6-7-19)15-4-2-1-3-5-15/h1-5,13-14,16H,6-12,23H2,(H2,22,25). The van der Waals surface area contributed by atoms with Crippen molar-refractivity contribution in [1.82, 2.24) is 0 Å². The zero-order valence-electron chi connectivity index (χ0n) is 14.5. The second kappa shape index (κ2) is 4.73. The molecular formula is C21H26N2O2. The highest BCUT2D eigenvalue weighted by Gasteiger charge is 2.73. The Hall–Kier alpha value is -1.68. The van der Waals surface area contributed by atoms with Gasteiger partial charge < -0.3 is 11.5 Å². The SMILES string of the molecule is NC(=O)C12CC3CC(CC(C3)C1(N)C(=O)C1(c3ccccc3)CC1)C2. The molecule has 5 fully saturated rings. The Morgan fingerprint density at radius 2 is 1.56 bits per heavy atom. The molecule has 25 heavy (non-hydrogen) atoms. The predicted molar refractivity (Wildman–Crippen MR) is 94.5 cm³/mol. The quantitative estimate of drug-likeness (QED) is 0.883. The number of amides is 1. The van der Waals surface area contributed by atoms with E-state index in [-0.39, 0.29) is 17.6 Å². The molecule has 0 saturated heterocycles. The maximum atomic E-state index is 13.9. The summed E-state index contributed by atoms with van der Waals surface area (Å²) in [6, 6.07) is 9.98. The lowest BCUT2D eigenvalue weighted by Gasteiger charge is -2.64. The van der Waals surface area contributed by atoms with Gasteiger partial charge in [-0.3, -0.25) is 9.59 Å². The molecule has 0 radical (unpaired) electrons. The van der Waals surface area contributed by atoms with Gasteiger partial charge in [-0.2, -0.15) is 0 Å². The monoisotopic (exact) mass is 338 g/mol. The first kappa shape index (κ1) is 15.6. The first-order chi connectivity index (χ1) is 11.9. The molecule has 1 aromatic rings. The second-order valence-electron chi connectivity index (χ2n) is 9.14. The van der Waals surface area contributed by atoms with E-state index in [2.05, 4.69) is 0 Å². The lowest BCUT2D eigenvalue weighted by Crippen LogP contribution is -2.77. The van der Waals surface area contributed by atoms with Crippen molar-refractivity contribution in [2.24, 2.45) is 34.6 Å². The number of benzene rings is 1. The van der Waals surface area contributed by atoms with Crippen molar-refractivity contribution in [3.63, 3.8) is 0 Å². The van der Waals surface area contributed by atoms with Gasteiger partial charge in [-0.05, 0) is 68.3 Å². The third kappa shape index (κ3) is 1.76. The molecule has 3 atom stereocenters. The highest BCUT2D eigenvalue weighted by molar-refractivity contribution is 6.05. The minimum absolute atomic E-state index is 0.0915. The molecule has 4 bridgehead atoms. The van der Waals surface area contributed by atoms with E-state index in [4.69, 9.17) is 11.5 Å². The number of hydrogen-bond acceptors (Lipinski definition) is 3. The summed E-state index contributed by atoms with van der Waals surface area (Å²) >= 11 is 0. The molecule has 4 heteroatoms. The maximum Gasteiger partial charge on any atom is 0.226 e. The van der Waals surface area contributed by atoms with Crippen LogP contribution in [-0.4, -0.2) is 17.2 Å². The Morgan fingerprint density at radius 3 is 2.08 bits per heavy atom. The van der Waals surface area contributed by atoms with E-state index in [0.29, 0.717) is 24.7 Å². The fraction of sp³-hybridized carbons (Fsp3) is 0.619. The van der Waals surface area contributed by atoms with Gasteiger partial charge in [-0.25, -0.2) is 0 Å². The van der Waals surface area contributed by atoms with E-state index >= 15 is 0 Å². The number of ketones is 1. The molecule has 6 rings (SSSR count). The van der Waals surface area contributed by atoms with Gasteiger partial charge in [0.25, 0.3) is 0 Å². The maximum absolute atomic E-state index is 13.9. The van der Waals surface area contributed by atoms with Gasteiger partial charge in [-0.1, -0.05) is 30.3 Å². The average molecular weight is 338 g/mol. The van der Waals surface area contributed by atoms with Crippen molar-refractivity contribution in [3.8, 4) is 0 Å². The van der Waals surface area contributed by atoms with Crippen LogP contribution in [0.1, 0.15) is 50.5 Å². The largest absolute Gasteiger partial charge is 0.369 e. The number of rotatable bonds is 4. The van der Waals surface area contributed by atoms with E-state index < -0.39 is 16.4 Å². The van der Waals surface area contributed by atoms with E-state index in [9.17, 15) is 9.59 Å². The van der Waals surface area contributed by atoms with Crippen molar-refractivity contribution in [1.29, 1.82) is 0 Å². The number of carbonyl (C=O) groups is 2. The Balaban J connectivity index is 1.62. The van der Waals surface area contributed by atoms with E-state index in [1.165, 1.54) is 6.42 Å². The number of carbonyl (C=O) groups excluding carboxylic acids is 2. The van der Waals surface area contributed by atoms with E-state index in [1.807, 2.05) is 30.3 Å². The van der Waals surface area contributed by atoms with Gasteiger partial charge in [0.2, 0.25) is 5.91 Å². The van der Waals surface area contributed by atoms with Gasteiger partial charge in [-0.15, -0.1) is 0 Å². The molecule has 5 aliphatic carbocycles. The summed E-state index contributed by atoms with van der Waals surface area (Å²) in [5, 5.41) is 0. The molecule has 0 aliphatic heterocycles. The molecule has 0 spiro atoms. The molecule has 4 nitrogen and oxygen atoms in total. The Labute approximate surface area is 148 Å². The first-order valence-electron chi connectivity index (χ1n) is 9.62. The van der Waals surface area contributed by atoms with Gasteiger partial charge in [0, 0.05) is 0 Å². The zero-order chi connectivity index (χ0) is 17.4. The van der Waals surface area contributed by atoms with Crippen LogP contribution >= 0.6 is 0 Å². The van der Waals surface area contributed by atoms with Gasteiger partial charge in [0.1, 0.15) is 0 Å². The summed E-state index contributed by atoms with van der Waals surface area (Å²) in [4.78, 5) is 26.6. The topological polar surface area (TPSA) is 86.2 Å². The molecule has 5 aliphatic rings. The number of primary amides is 1. The summed E-state index contributed by atoms with van der Waals surface area (Å²) in [6.45, 7) is 0. The average Bonchev–Trinajstić information content (AvgIpc) is 3.40. The number of Topliss-reactive ketones (excluding diaryl/α,β-unsaturated/α-hetero) is 1. The van der Waals surface area contributed by atoms with Gasteiger partial charge in [0.05, 0.1) is 16.4 Å². The smallest absolute Gasteiger partial charge is 0.226 e. The van der Waals surface area contributed by atoms with Crippen LogP contribution in [-0.2, 0) is 15.0 Å². The lowest BCUT2D eigenvalue weighted by molar-refractivity contribution is -0.172. The molecule has 132 valence electrons. The molecule has 4 N–H and O–H groups in total.